The minimum Gasteiger partial charge on any atom is -0.294 e. The van der Waals surface area contributed by atoms with E-state index in [-0.39, 0.29) is 18.0 Å². The molecule has 0 N–H and O–H groups in total. The topological polar surface area (TPSA) is 52.0 Å². The summed E-state index contributed by atoms with van der Waals surface area (Å²) in [5.41, 5.74) is 2.96. The Kier molecular flexibility index (Phi) is 4.13. The Morgan fingerprint density at radius 3 is 2.40 bits per heavy atom. The third kappa shape index (κ3) is 3.02. The monoisotopic (exact) mass is 270 g/mol. The Morgan fingerprint density at radius 1 is 1.15 bits per heavy atom. The maximum absolute atomic E-state index is 12.2. The fraction of sp³-hybridized carbons (Fsp3) is 0.312. The van der Waals surface area contributed by atoms with E-state index < -0.39 is 0 Å². The van der Waals surface area contributed by atoms with Gasteiger partial charge in [-0.3, -0.25) is 14.3 Å². The van der Waals surface area contributed by atoms with Crippen molar-refractivity contribution in [2.45, 2.75) is 26.7 Å². The van der Waals surface area contributed by atoms with Crippen LogP contribution in [0.1, 0.15) is 45.3 Å². The van der Waals surface area contributed by atoms with Gasteiger partial charge in [0.1, 0.15) is 0 Å². The van der Waals surface area contributed by atoms with E-state index in [1.54, 1.807) is 30.1 Å². The summed E-state index contributed by atoms with van der Waals surface area (Å²) in [5.74, 6) is -0.318. The predicted octanol–water partition coefficient (Wildman–Crippen LogP) is 2.75. The number of hydrogen-bond acceptors (Lipinski definition) is 3. The highest BCUT2D eigenvalue weighted by molar-refractivity contribution is 6.13. The molecule has 4 heteroatoms. The largest absolute Gasteiger partial charge is 0.294 e. The molecule has 4 nitrogen and oxygen atoms in total. The van der Waals surface area contributed by atoms with E-state index in [1.165, 1.54) is 0 Å². The van der Waals surface area contributed by atoms with Crippen molar-refractivity contribution in [1.82, 2.24) is 9.78 Å². The average molecular weight is 270 g/mol. The molecule has 0 amide bonds. The van der Waals surface area contributed by atoms with Crippen molar-refractivity contribution in [2.75, 3.05) is 0 Å². The molecular formula is C16H18N2O2. The van der Waals surface area contributed by atoms with Gasteiger partial charge in [0.2, 0.25) is 0 Å². The highest BCUT2D eigenvalue weighted by Gasteiger charge is 2.18. The molecule has 20 heavy (non-hydrogen) atoms. The van der Waals surface area contributed by atoms with Gasteiger partial charge in [0, 0.05) is 18.8 Å². The van der Waals surface area contributed by atoms with Crippen LogP contribution in [0.5, 0.6) is 0 Å². The van der Waals surface area contributed by atoms with Gasteiger partial charge in [-0.1, -0.05) is 36.8 Å². The molecule has 0 bridgehead atoms. The molecule has 104 valence electrons. The summed E-state index contributed by atoms with van der Waals surface area (Å²) in [4.78, 5) is 24.3. The average Bonchev–Trinajstić information content (AvgIpc) is 2.80. The quantitative estimate of drug-likeness (QED) is 0.620. The number of aromatic nitrogens is 2. The number of hydrogen-bond donors (Lipinski definition) is 0. The van der Waals surface area contributed by atoms with Crippen molar-refractivity contribution in [3.8, 4) is 0 Å². The van der Waals surface area contributed by atoms with E-state index >= 15 is 0 Å². The number of carbonyl (C=O) groups is 2. The molecule has 0 aliphatic rings. The van der Waals surface area contributed by atoms with Crippen molar-refractivity contribution in [3.63, 3.8) is 0 Å². The second-order valence-corrected chi connectivity index (χ2v) is 4.91. The molecule has 1 aromatic carbocycles. The Labute approximate surface area is 118 Å². The minimum absolute atomic E-state index is 0.109. The van der Waals surface area contributed by atoms with Crippen LogP contribution in [0.4, 0.5) is 0 Å². The van der Waals surface area contributed by atoms with Gasteiger partial charge in [0.15, 0.2) is 11.6 Å². The zero-order chi connectivity index (χ0) is 14.7. The SMILES string of the molecule is CCc1nn(C)cc1C(=O)CC(=O)c1ccc(C)cc1. The zero-order valence-electron chi connectivity index (χ0n) is 12.0. The molecule has 2 aromatic rings. The van der Waals surface area contributed by atoms with Crippen LogP contribution in [0.15, 0.2) is 30.5 Å². The Bertz CT molecular complexity index is 639. The predicted molar refractivity (Wildman–Crippen MR) is 77.0 cm³/mol. The number of benzene rings is 1. The van der Waals surface area contributed by atoms with Crippen molar-refractivity contribution < 1.29 is 9.59 Å². The van der Waals surface area contributed by atoms with E-state index in [1.807, 2.05) is 26.0 Å². The summed E-state index contributed by atoms with van der Waals surface area (Å²) in [6.07, 6.45) is 2.26. The number of rotatable bonds is 5. The van der Waals surface area contributed by atoms with Crippen LogP contribution in [0.3, 0.4) is 0 Å². The van der Waals surface area contributed by atoms with E-state index in [9.17, 15) is 9.59 Å². The molecule has 0 aliphatic carbocycles. The van der Waals surface area contributed by atoms with Gasteiger partial charge in [-0.25, -0.2) is 0 Å². The first-order valence-electron chi connectivity index (χ1n) is 6.67. The molecule has 0 spiro atoms. The summed E-state index contributed by atoms with van der Waals surface area (Å²) in [7, 11) is 1.78. The summed E-state index contributed by atoms with van der Waals surface area (Å²) in [6, 6.07) is 7.27. The first kappa shape index (κ1) is 14.2. The van der Waals surface area contributed by atoms with Gasteiger partial charge in [-0.2, -0.15) is 5.10 Å². The first-order chi connectivity index (χ1) is 9.51. The minimum atomic E-state index is -0.166. The molecule has 0 aliphatic heterocycles. The maximum Gasteiger partial charge on any atom is 0.174 e. The Balaban J connectivity index is 2.15. The highest BCUT2D eigenvalue weighted by Crippen LogP contribution is 2.13. The molecule has 0 saturated heterocycles. The highest BCUT2D eigenvalue weighted by atomic mass is 16.1. The summed E-state index contributed by atoms with van der Waals surface area (Å²) in [5, 5.41) is 4.23. The van der Waals surface area contributed by atoms with Crippen molar-refractivity contribution in [3.05, 3.63) is 52.8 Å². The lowest BCUT2D eigenvalue weighted by molar-refractivity contribution is 0.0894. The van der Waals surface area contributed by atoms with Crippen LogP contribution >= 0.6 is 0 Å². The molecule has 1 heterocycles. The molecule has 0 radical (unpaired) electrons. The Morgan fingerprint density at radius 2 is 1.80 bits per heavy atom. The molecule has 0 unspecified atom stereocenters. The number of ketones is 2. The number of Topliss-reactive ketones (excluding diaryl/α,β-unsaturated/α-hetero) is 2. The number of aryl methyl sites for hydroxylation is 3. The van der Waals surface area contributed by atoms with Gasteiger partial charge in [0.25, 0.3) is 0 Å². The molecule has 0 saturated carbocycles. The standard InChI is InChI=1S/C16H18N2O2/c1-4-14-13(10-18(3)17-14)16(20)9-15(19)12-7-5-11(2)6-8-12/h5-8,10H,4,9H2,1-3H3. The van der Waals surface area contributed by atoms with Gasteiger partial charge >= 0.3 is 0 Å². The summed E-state index contributed by atoms with van der Waals surface area (Å²) >= 11 is 0. The smallest absolute Gasteiger partial charge is 0.174 e. The lowest BCUT2D eigenvalue weighted by Crippen LogP contribution is -2.09. The summed E-state index contributed by atoms with van der Waals surface area (Å²) in [6.45, 7) is 3.91. The molecular weight excluding hydrogens is 252 g/mol. The maximum atomic E-state index is 12.2. The van der Waals surface area contributed by atoms with Crippen molar-refractivity contribution >= 4 is 11.6 Å². The van der Waals surface area contributed by atoms with Crippen molar-refractivity contribution in [2.24, 2.45) is 7.05 Å². The Hall–Kier alpha value is -2.23. The van der Waals surface area contributed by atoms with Gasteiger partial charge in [0.05, 0.1) is 17.7 Å². The first-order valence-corrected chi connectivity index (χ1v) is 6.67. The van der Waals surface area contributed by atoms with Gasteiger partial charge in [-0.05, 0) is 13.3 Å². The number of carbonyl (C=O) groups excluding carboxylic acids is 2. The normalized spacial score (nSPS) is 10.6. The van der Waals surface area contributed by atoms with Crippen LogP contribution < -0.4 is 0 Å². The fourth-order valence-corrected chi connectivity index (χ4v) is 2.11. The van der Waals surface area contributed by atoms with Crippen LogP contribution in [0, 0.1) is 6.92 Å². The fourth-order valence-electron chi connectivity index (χ4n) is 2.11. The molecule has 1 aromatic heterocycles. The van der Waals surface area contributed by atoms with Crippen molar-refractivity contribution in [1.29, 1.82) is 0 Å². The number of nitrogens with zero attached hydrogens (tertiary/aromatic N) is 2. The van der Waals surface area contributed by atoms with Crippen LogP contribution in [-0.4, -0.2) is 21.3 Å². The van der Waals surface area contributed by atoms with Gasteiger partial charge in [-0.15, -0.1) is 0 Å². The van der Waals surface area contributed by atoms with E-state index in [2.05, 4.69) is 5.10 Å². The van der Waals surface area contributed by atoms with E-state index in [0.29, 0.717) is 17.5 Å². The van der Waals surface area contributed by atoms with E-state index in [0.717, 1.165) is 11.3 Å². The van der Waals surface area contributed by atoms with E-state index in [4.69, 9.17) is 0 Å². The molecule has 0 atom stereocenters. The summed E-state index contributed by atoms with van der Waals surface area (Å²) < 4.78 is 1.61. The lowest BCUT2D eigenvalue weighted by Gasteiger charge is -2.01. The van der Waals surface area contributed by atoms with Gasteiger partial charge < -0.3 is 0 Å². The third-order valence-corrected chi connectivity index (χ3v) is 3.24. The zero-order valence-corrected chi connectivity index (χ0v) is 12.0. The van der Waals surface area contributed by atoms with Crippen LogP contribution in [-0.2, 0) is 13.5 Å². The molecule has 2 rings (SSSR count). The molecule has 0 fully saturated rings. The van der Waals surface area contributed by atoms with Crippen LogP contribution in [0.25, 0.3) is 0 Å². The second kappa shape index (κ2) is 5.82. The third-order valence-electron chi connectivity index (χ3n) is 3.24. The second-order valence-electron chi connectivity index (χ2n) is 4.91. The lowest BCUT2D eigenvalue weighted by atomic mass is 10.0. The van der Waals surface area contributed by atoms with Crippen LogP contribution in [0.2, 0.25) is 0 Å².